The number of nitrogens with zero attached hydrogens (tertiary/aromatic N) is 3. The maximum absolute atomic E-state index is 12.8. The first kappa shape index (κ1) is 20.7. The first-order valence-electron chi connectivity index (χ1n) is 9.59. The molecule has 27 heavy (non-hydrogen) atoms. The van der Waals surface area contributed by atoms with Crippen molar-refractivity contribution in [2.45, 2.75) is 40.0 Å². The Balaban J connectivity index is 2.04. The van der Waals surface area contributed by atoms with Gasteiger partial charge in [0.1, 0.15) is 23.1 Å². The van der Waals surface area contributed by atoms with Gasteiger partial charge in [-0.15, -0.1) is 0 Å². The van der Waals surface area contributed by atoms with E-state index in [4.69, 9.17) is 4.74 Å². The van der Waals surface area contributed by atoms with E-state index in [2.05, 4.69) is 35.2 Å². The average Bonchev–Trinajstić information content (AvgIpc) is 2.67. The van der Waals surface area contributed by atoms with Crippen LogP contribution in [0.25, 0.3) is 0 Å². The SMILES string of the molecule is CCCN(CCC)C(=O)c1cc(NCCc2cccc(OC)c2)nc(C)n1. The van der Waals surface area contributed by atoms with Crippen molar-refractivity contribution in [3.05, 3.63) is 47.4 Å². The van der Waals surface area contributed by atoms with E-state index in [-0.39, 0.29) is 5.91 Å². The highest BCUT2D eigenvalue weighted by Crippen LogP contribution is 2.14. The summed E-state index contributed by atoms with van der Waals surface area (Å²) in [6.45, 7) is 8.17. The molecule has 0 aliphatic heterocycles. The largest absolute Gasteiger partial charge is 0.497 e. The van der Waals surface area contributed by atoms with Crippen LogP contribution < -0.4 is 10.1 Å². The maximum atomic E-state index is 12.8. The molecule has 0 atom stereocenters. The van der Waals surface area contributed by atoms with E-state index in [0.29, 0.717) is 23.9 Å². The van der Waals surface area contributed by atoms with Gasteiger partial charge < -0.3 is 15.0 Å². The summed E-state index contributed by atoms with van der Waals surface area (Å²) in [7, 11) is 1.67. The molecule has 0 fully saturated rings. The lowest BCUT2D eigenvalue weighted by Gasteiger charge is -2.21. The van der Waals surface area contributed by atoms with Crippen LogP contribution in [0.4, 0.5) is 5.82 Å². The normalized spacial score (nSPS) is 10.5. The molecule has 0 aliphatic carbocycles. The minimum Gasteiger partial charge on any atom is -0.497 e. The highest BCUT2D eigenvalue weighted by atomic mass is 16.5. The smallest absolute Gasteiger partial charge is 0.272 e. The van der Waals surface area contributed by atoms with Crippen molar-refractivity contribution in [3.8, 4) is 5.75 Å². The van der Waals surface area contributed by atoms with E-state index in [9.17, 15) is 4.79 Å². The highest BCUT2D eigenvalue weighted by Gasteiger charge is 2.17. The zero-order valence-corrected chi connectivity index (χ0v) is 16.8. The average molecular weight is 370 g/mol. The molecule has 1 heterocycles. The number of methoxy groups -OCH3 is 1. The quantitative estimate of drug-likeness (QED) is 0.690. The monoisotopic (exact) mass is 370 g/mol. The molecule has 0 aliphatic rings. The predicted molar refractivity (Wildman–Crippen MR) is 108 cm³/mol. The minimum absolute atomic E-state index is 0.0277. The first-order valence-corrected chi connectivity index (χ1v) is 9.59. The summed E-state index contributed by atoms with van der Waals surface area (Å²) in [6, 6.07) is 9.75. The number of hydrogen-bond acceptors (Lipinski definition) is 5. The van der Waals surface area contributed by atoms with Crippen molar-refractivity contribution in [1.82, 2.24) is 14.9 Å². The molecule has 0 unspecified atom stereocenters. The maximum Gasteiger partial charge on any atom is 0.272 e. The molecule has 146 valence electrons. The fraction of sp³-hybridized carbons (Fsp3) is 0.476. The summed E-state index contributed by atoms with van der Waals surface area (Å²) in [5.74, 6) is 2.10. The Kier molecular flexibility index (Phi) is 8.04. The number of ether oxygens (including phenoxy) is 1. The van der Waals surface area contributed by atoms with E-state index in [1.807, 2.05) is 30.0 Å². The minimum atomic E-state index is -0.0277. The standard InChI is InChI=1S/C21H30N4O2/c1-5-12-25(13-6-2)21(26)19-15-20(24-16(3)23-19)22-11-10-17-8-7-9-18(14-17)27-4/h7-9,14-15H,5-6,10-13H2,1-4H3,(H,22,23,24). The molecule has 2 aromatic rings. The second-order valence-electron chi connectivity index (χ2n) is 6.51. The summed E-state index contributed by atoms with van der Waals surface area (Å²) in [4.78, 5) is 23.4. The summed E-state index contributed by atoms with van der Waals surface area (Å²) in [5, 5.41) is 3.31. The molecule has 2 rings (SSSR count). The van der Waals surface area contributed by atoms with Crippen LogP contribution in [0.5, 0.6) is 5.75 Å². The van der Waals surface area contributed by atoms with Crippen LogP contribution in [0, 0.1) is 6.92 Å². The highest BCUT2D eigenvalue weighted by molar-refractivity contribution is 5.93. The van der Waals surface area contributed by atoms with Gasteiger partial charge in [0.05, 0.1) is 7.11 Å². The van der Waals surface area contributed by atoms with E-state index in [1.54, 1.807) is 13.2 Å². The van der Waals surface area contributed by atoms with Crippen LogP contribution in [0.2, 0.25) is 0 Å². The molecule has 1 aromatic carbocycles. The number of benzene rings is 1. The number of anilines is 1. The van der Waals surface area contributed by atoms with Crippen molar-refractivity contribution < 1.29 is 9.53 Å². The second kappa shape index (κ2) is 10.5. The number of aryl methyl sites for hydroxylation is 1. The summed E-state index contributed by atoms with van der Waals surface area (Å²) >= 11 is 0. The Morgan fingerprint density at radius 1 is 1.15 bits per heavy atom. The fourth-order valence-corrected chi connectivity index (χ4v) is 2.95. The number of aromatic nitrogens is 2. The predicted octanol–water partition coefficient (Wildman–Crippen LogP) is 3.71. The van der Waals surface area contributed by atoms with Crippen molar-refractivity contribution in [2.24, 2.45) is 0 Å². The van der Waals surface area contributed by atoms with Gasteiger partial charge in [0.2, 0.25) is 0 Å². The molecule has 1 N–H and O–H groups in total. The van der Waals surface area contributed by atoms with Gasteiger partial charge in [-0.2, -0.15) is 0 Å². The topological polar surface area (TPSA) is 67.4 Å². The van der Waals surface area contributed by atoms with E-state index in [1.165, 1.54) is 5.56 Å². The van der Waals surface area contributed by atoms with Crippen LogP contribution in [-0.2, 0) is 6.42 Å². The number of amides is 1. The third-order valence-electron chi connectivity index (χ3n) is 4.19. The summed E-state index contributed by atoms with van der Waals surface area (Å²) in [6.07, 6.45) is 2.70. The molecular formula is C21H30N4O2. The van der Waals surface area contributed by atoms with Gasteiger partial charge in [-0.1, -0.05) is 26.0 Å². The molecule has 6 nitrogen and oxygen atoms in total. The van der Waals surface area contributed by atoms with Crippen LogP contribution in [0.3, 0.4) is 0 Å². The third kappa shape index (κ3) is 6.24. The van der Waals surface area contributed by atoms with Crippen LogP contribution in [-0.4, -0.2) is 47.5 Å². The Hall–Kier alpha value is -2.63. The van der Waals surface area contributed by atoms with Crippen LogP contribution in [0.15, 0.2) is 30.3 Å². The van der Waals surface area contributed by atoms with Gasteiger partial charge in [0, 0.05) is 25.7 Å². The zero-order valence-electron chi connectivity index (χ0n) is 16.8. The number of carbonyl (C=O) groups is 1. The molecule has 0 spiro atoms. The molecule has 0 bridgehead atoms. The van der Waals surface area contributed by atoms with Gasteiger partial charge in [-0.05, 0) is 43.9 Å². The van der Waals surface area contributed by atoms with Crippen LogP contribution >= 0.6 is 0 Å². The fourth-order valence-electron chi connectivity index (χ4n) is 2.95. The molecule has 0 radical (unpaired) electrons. The van der Waals surface area contributed by atoms with Crippen molar-refractivity contribution >= 4 is 11.7 Å². The first-order chi connectivity index (χ1) is 13.1. The van der Waals surface area contributed by atoms with Gasteiger partial charge in [-0.25, -0.2) is 9.97 Å². The van der Waals surface area contributed by atoms with Gasteiger partial charge in [0.25, 0.3) is 5.91 Å². The number of hydrogen-bond donors (Lipinski definition) is 1. The third-order valence-corrected chi connectivity index (χ3v) is 4.19. The molecule has 0 saturated heterocycles. The lowest BCUT2D eigenvalue weighted by Crippen LogP contribution is -2.33. The van der Waals surface area contributed by atoms with E-state index in [0.717, 1.165) is 38.1 Å². The molecular weight excluding hydrogens is 340 g/mol. The molecule has 0 saturated carbocycles. The van der Waals surface area contributed by atoms with E-state index >= 15 is 0 Å². The van der Waals surface area contributed by atoms with E-state index < -0.39 is 0 Å². The number of carbonyl (C=O) groups excluding carboxylic acids is 1. The molecule has 1 amide bonds. The van der Waals surface area contributed by atoms with Crippen LogP contribution in [0.1, 0.15) is 48.6 Å². The molecule has 1 aromatic heterocycles. The molecule has 6 heteroatoms. The zero-order chi connectivity index (χ0) is 19.6. The Morgan fingerprint density at radius 3 is 2.56 bits per heavy atom. The van der Waals surface area contributed by atoms with Crippen molar-refractivity contribution in [2.75, 3.05) is 32.1 Å². The Bertz CT molecular complexity index is 743. The lowest BCUT2D eigenvalue weighted by atomic mass is 10.1. The van der Waals surface area contributed by atoms with Gasteiger partial charge >= 0.3 is 0 Å². The van der Waals surface area contributed by atoms with Crippen molar-refractivity contribution in [1.29, 1.82) is 0 Å². The lowest BCUT2D eigenvalue weighted by molar-refractivity contribution is 0.0749. The Morgan fingerprint density at radius 2 is 1.89 bits per heavy atom. The van der Waals surface area contributed by atoms with Crippen molar-refractivity contribution in [3.63, 3.8) is 0 Å². The number of nitrogens with one attached hydrogen (secondary N) is 1. The van der Waals surface area contributed by atoms with Gasteiger partial charge in [-0.3, -0.25) is 4.79 Å². The van der Waals surface area contributed by atoms with Gasteiger partial charge in [0.15, 0.2) is 0 Å². The second-order valence-corrected chi connectivity index (χ2v) is 6.51. The summed E-state index contributed by atoms with van der Waals surface area (Å²) in [5.41, 5.74) is 1.63. The Labute approximate surface area is 162 Å². The number of rotatable bonds is 10. The summed E-state index contributed by atoms with van der Waals surface area (Å²) < 4.78 is 5.26.